The largest absolute Gasteiger partial charge is 0.337 e. The molecular formula is C12H11N5O3S. The Morgan fingerprint density at radius 1 is 1.52 bits per heavy atom. The van der Waals surface area contributed by atoms with Crippen LogP contribution in [-0.4, -0.2) is 24.8 Å². The van der Waals surface area contributed by atoms with Gasteiger partial charge < -0.3 is 4.52 Å². The van der Waals surface area contributed by atoms with Crippen molar-refractivity contribution in [3.05, 3.63) is 45.4 Å². The standard InChI is InChI=1S/C12H11N5O3S/c1-7-9(17(18)19)6-16(14-7)8(2)12-13-11(15-20-12)10-4-3-5-21-10/h3-6,8H,1-2H3. The molecule has 0 aliphatic carbocycles. The van der Waals surface area contributed by atoms with E-state index in [1.54, 1.807) is 13.8 Å². The zero-order valence-electron chi connectivity index (χ0n) is 11.3. The van der Waals surface area contributed by atoms with Crippen molar-refractivity contribution in [2.24, 2.45) is 0 Å². The van der Waals surface area contributed by atoms with Crippen molar-refractivity contribution in [2.75, 3.05) is 0 Å². The lowest BCUT2D eigenvalue weighted by Gasteiger charge is -2.05. The van der Waals surface area contributed by atoms with Gasteiger partial charge in [-0.15, -0.1) is 11.3 Å². The minimum Gasteiger partial charge on any atom is -0.337 e. The van der Waals surface area contributed by atoms with Crippen molar-refractivity contribution in [2.45, 2.75) is 19.9 Å². The van der Waals surface area contributed by atoms with E-state index in [9.17, 15) is 10.1 Å². The molecule has 0 amide bonds. The van der Waals surface area contributed by atoms with E-state index >= 15 is 0 Å². The Balaban J connectivity index is 1.90. The van der Waals surface area contributed by atoms with E-state index in [-0.39, 0.29) is 11.7 Å². The Kier molecular flexibility index (Phi) is 3.26. The van der Waals surface area contributed by atoms with Crippen molar-refractivity contribution in [3.63, 3.8) is 0 Å². The molecule has 0 aliphatic heterocycles. The Hall–Kier alpha value is -2.55. The lowest BCUT2D eigenvalue weighted by molar-refractivity contribution is -0.385. The van der Waals surface area contributed by atoms with E-state index in [4.69, 9.17) is 4.52 Å². The summed E-state index contributed by atoms with van der Waals surface area (Å²) in [5.74, 6) is 0.862. The number of aromatic nitrogens is 4. The second-order valence-corrected chi connectivity index (χ2v) is 5.39. The number of thiophene rings is 1. The Morgan fingerprint density at radius 3 is 2.95 bits per heavy atom. The third kappa shape index (κ3) is 2.42. The molecule has 8 nitrogen and oxygen atoms in total. The quantitative estimate of drug-likeness (QED) is 0.542. The minimum atomic E-state index is -0.462. The fourth-order valence-corrected chi connectivity index (χ4v) is 2.52. The van der Waals surface area contributed by atoms with Crippen LogP contribution in [0.1, 0.15) is 24.6 Å². The molecule has 0 radical (unpaired) electrons. The second-order valence-electron chi connectivity index (χ2n) is 4.45. The Bertz CT molecular complexity index is 777. The number of hydrogen-bond acceptors (Lipinski definition) is 7. The Morgan fingerprint density at radius 2 is 2.33 bits per heavy atom. The highest BCUT2D eigenvalue weighted by atomic mass is 32.1. The molecule has 0 saturated heterocycles. The summed E-state index contributed by atoms with van der Waals surface area (Å²) in [5, 5.41) is 20.8. The van der Waals surface area contributed by atoms with Gasteiger partial charge in [-0.2, -0.15) is 10.1 Å². The third-order valence-corrected chi connectivity index (χ3v) is 3.89. The van der Waals surface area contributed by atoms with Crippen LogP contribution in [-0.2, 0) is 0 Å². The zero-order valence-corrected chi connectivity index (χ0v) is 12.1. The summed E-state index contributed by atoms with van der Waals surface area (Å²) in [6.07, 6.45) is 1.37. The average molecular weight is 305 g/mol. The Labute approximate surface area is 123 Å². The summed E-state index contributed by atoms with van der Waals surface area (Å²) in [4.78, 5) is 15.6. The number of nitro groups is 1. The van der Waals surface area contributed by atoms with Crippen LogP contribution in [0.5, 0.6) is 0 Å². The average Bonchev–Trinajstić information content (AvgIpc) is 3.17. The van der Waals surface area contributed by atoms with E-state index < -0.39 is 4.92 Å². The van der Waals surface area contributed by atoms with Crippen LogP contribution >= 0.6 is 11.3 Å². The fraction of sp³-hybridized carbons (Fsp3) is 0.250. The van der Waals surface area contributed by atoms with Crippen molar-refractivity contribution in [1.29, 1.82) is 0 Å². The lowest BCUT2D eigenvalue weighted by Crippen LogP contribution is -2.07. The van der Waals surface area contributed by atoms with Crippen LogP contribution < -0.4 is 0 Å². The molecule has 1 unspecified atom stereocenters. The highest BCUT2D eigenvalue weighted by Crippen LogP contribution is 2.25. The van der Waals surface area contributed by atoms with Crippen LogP contribution in [0.4, 0.5) is 5.69 Å². The molecule has 0 spiro atoms. The van der Waals surface area contributed by atoms with Gasteiger partial charge in [0.1, 0.15) is 17.9 Å². The maximum absolute atomic E-state index is 10.9. The van der Waals surface area contributed by atoms with Gasteiger partial charge in [-0.1, -0.05) is 11.2 Å². The molecule has 108 valence electrons. The number of hydrogen-bond donors (Lipinski definition) is 0. The molecule has 21 heavy (non-hydrogen) atoms. The number of rotatable bonds is 4. The molecule has 0 N–H and O–H groups in total. The molecule has 1 atom stereocenters. The van der Waals surface area contributed by atoms with E-state index in [0.29, 0.717) is 17.4 Å². The van der Waals surface area contributed by atoms with Gasteiger partial charge >= 0.3 is 5.69 Å². The predicted molar refractivity (Wildman–Crippen MR) is 75.0 cm³/mol. The fourth-order valence-electron chi connectivity index (χ4n) is 1.87. The predicted octanol–water partition coefficient (Wildman–Crippen LogP) is 2.82. The topological polar surface area (TPSA) is 99.9 Å². The minimum absolute atomic E-state index is 0.0279. The lowest BCUT2D eigenvalue weighted by atomic mass is 10.3. The first-order valence-corrected chi connectivity index (χ1v) is 7.02. The number of aryl methyl sites for hydroxylation is 1. The van der Waals surface area contributed by atoms with Crippen molar-refractivity contribution in [3.8, 4) is 10.7 Å². The maximum Gasteiger partial charge on any atom is 0.309 e. The van der Waals surface area contributed by atoms with Crippen LogP contribution in [0.25, 0.3) is 10.7 Å². The van der Waals surface area contributed by atoms with Crippen LogP contribution in [0.3, 0.4) is 0 Å². The molecule has 3 aromatic heterocycles. The molecule has 3 heterocycles. The molecule has 0 aromatic carbocycles. The molecule has 0 fully saturated rings. The first-order valence-electron chi connectivity index (χ1n) is 6.14. The SMILES string of the molecule is Cc1nn(C(C)c2nc(-c3cccs3)no2)cc1[N+](=O)[O-]. The summed E-state index contributed by atoms with van der Waals surface area (Å²) < 4.78 is 6.69. The zero-order chi connectivity index (χ0) is 15.0. The summed E-state index contributed by atoms with van der Waals surface area (Å²) in [7, 11) is 0. The molecular weight excluding hydrogens is 294 g/mol. The molecule has 0 saturated carbocycles. The summed E-state index contributed by atoms with van der Waals surface area (Å²) in [6, 6.07) is 3.42. The highest BCUT2D eigenvalue weighted by molar-refractivity contribution is 7.13. The van der Waals surface area contributed by atoms with Gasteiger partial charge in [-0.3, -0.25) is 14.8 Å². The van der Waals surface area contributed by atoms with Gasteiger partial charge in [-0.05, 0) is 25.3 Å². The van der Waals surface area contributed by atoms with Crippen LogP contribution in [0.2, 0.25) is 0 Å². The van der Waals surface area contributed by atoms with Gasteiger partial charge in [0.25, 0.3) is 5.89 Å². The molecule has 3 aromatic rings. The van der Waals surface area contributed by atoms with Crippen LogP contribution in [0.15, 0.2) is 28.2 Å². The maximum atomic E-state index is 10.9. The smallest absolute Gasteiger partial charge is 0.309 e. The summed E-state index contributed by atoms with van der Waals surface area (Å²) in [5.41, 5.74) is 0.324. The van der Waals surface area contributed by atoms with Crippen molar-refractivity contribution in [1.82, 2.24) is 19.9 Å². The highest BCUT2D eigenvalue weighted by Gasteiger charge is 2.22. The first kappa shape index (κ1) is 13.4. The van der Waals surface area contributed by atoms with E-state index in [2.05, 4.69) is 15.2 Å². The third-order valence-electron chi connectivity index (χ3n) is 3.02. The van der Waals surface area contributed by atoms with E-state index in [1.165, 1.54) is 22.2 Å². The first-order chi connectivity index (χ1) is 10.1. The van der Waals surface area contributed by atoms with E-state index in [1.807, 2.05) is 17.5 Å². The molecule has 0 bridgehead atoms. The normalized spacial score (nSPS) is 12.5. The molecule has 0 aliphatic rings. The number of nitrogens with zero attached hydrogens (tertiary/aromatic N) is 5. The van der Waals surface area contributed by atoms with Gasteiger partial charge in [0.05, 0.1) is 9.80 Å². The van der Waals surface area contributed by atoms with Gasteiger partial charge in [0.15, 0.2) is 0 Å². The van der Waals surface area contributed by atoms with Gasteiger partial charge in [-0.25, -0.2) is 0 Å². The van der Waals surface area contributed by atoms with Gasteiger partial charge in [0.2, 0.25) is 5.82 Å². The molecule has 3 rings (SSSR count). The monoisotopic (exact) mass is 305 g/mol. The molecule has 9 heteroatoms. The van der Waals surface area contributed by atoms with Crippen LogP contribution in [0, 0.1) is 17.0 Å². The van der Waals surface area contributed by atoms with Crippen molar-refractivity contribution >= 4 is 17.0 Å². The summed E-state index contributed by atoms with van der Waals surface area (Å²) >= 11 is 1.51. The second kappa shape index (κ2) is 5.09. The van der Waals surface area contributed by atoms with Gasteiger partial charge in [0, 0.05) is 0 Å². The van der Waals surface area contributed by atoms with E-state index in [0.717, 1.165) is 4.88 Å². The summed E-state index contributed by atoms with van der Waals surface area (Å²) in [6.45, 7) is 3.38. The van der Waals surface area contributed by atoms with Crippen molar-refractivity contribution < 1.29 is 9.45 Å².